The third kappa shape index (κ3) is 8.18. The van der Waals surface area contributed by atoms with Crippen molar-refractivity contribution in [2.24, 2.45) is 5.92 Å². The maximum atomic E-state index is 11.9. The number of amides is 1. The highest BCUT2D eigenvalue weighted by molar-refractivity contribution is 5.94. The lowest BCUT2D eigenvalue weighted by atomic mass is 9.96. The number of halogens is 1. The standard InChI is InChI=1S/C20H30N2O4.ClH/c1-15(23)17-7-8-18(19(13-17)25-2)26-12-4-6-20(24)22-11-9-16-5-3-10-21-14-16;/h7-8,13,16,21H,3-6,9-12,14H2,1-2H3,(H,22,24);1H. The van der Waals surface area contributed by atoms with Gasteiger partial charge in [0.2, 0.25) is 5.91 Å². The molecule has 6 nitrogen and oxygen atoms in total. The van der Waals surface area contributed by atoms with E-state index in [0.29, 0.717) is 42.4 Å². The summed E-state index contributed by atoms with van der Waals surface area (Å²) in [7, 11) is 1.54. The van der Waals surface area contributed by atoms with Crippen molar-refractivity contribution in [1.29, 1.82) is 0 Å². The molecule has 1 aliphatic heterocycles. The third-order valence-electron chi connectivity index (χ3n) is 4.65. The first-order valence-electron chi connectivity index (χ1n) is 9.39. The fraction of sp³-hybridized carbons (Fsp3) is 0.600. The van der Waals surface area contributed by atoms with E-state index in [9.17, 15) is 9.59 Å². The normalized spacial score (nSPS) is 16.1. The van der Waals surface area contributed by atoms with Gasteiger partial charge < -0.3 is 20.1 Å². The minimum atomic E-state index is -0.0180. The quantitative estimate of drug-likeness (QED) is 0.468. The lowest BCUT2D eigenvalue weighted by Gasteiger charge is -2.22. The smallest absolute Gasteiger partial charge is 0.220 e. The van der Waals surface area contributed by atoms with Gasteiger partial charge in [-0.1, -0.05) is 0 Å². The fourth-order valence-corrected chi connectivity index (χ4v) is 3.10. The topological polar surface area (TPSA) is 76.7 Å². The molecule has 1 amide bonds. The second kappa shape index (κ2) is 12.6. The van der Waals surface area contributed by atoms with Gasteiger partial charge >= 0.3 is 0 Å². The van der Waals surface area contributed by atoms with Crippen LogP contribution in [-0.4, -0.2) is 45.0 Å². The molecule has 0 aromatic heterocycles. The molecule has 1 fully saturated rings. The van der Waals surface area contributed by atoms with Crippen molar-refractivity contribution in [3.8, 4) is 11.5 Å². The Kier molecular flexibility index (Phi) is 10.8. The van der Waals surface area contributed by atoms with Gasteiger partial charge in [-0.25, -0.2) is 0 Å². The average molecular weight is 399 g/mol. The van der Waals surface area contributed by atoms with Gasteiger partial charge in [0.05, 0.1) is 13.7 Å². The zero-order valence-corrected chi connectivity index (χ0v) is 17.0. The number of carbonyl (C=O) groups is 2. The van der Waals surface area contributed by atoms with Crippen LogP contribution in [0.5, 0.6) is 11.5 Å². The Morgan fingerprint density at radius 3 is 2.78 bits per heavy atom. The maximum Gasteiger partial charge on any atom is 0.220 e. The molecule has 0 aliphatic carbocycles. The summed E-state index contributed by atoms with van der Waals surface area (Å²) >= 11 is 0. The van der Waals surface area contributed by atoms with Crippen LogP contribution in [0.25, 0.3) is 0 Å². The molecule has 152 valence electrons. The van der Waals surface area contributed by atoms with Crippen molar-refractivity contribution >= 4 is 24.1 Å². The molecule has 2 rings (SSSR count). The SMILES string of the molecule is COc1cc(C(C)=O)ccc1OCCCC(=O)NCCC1CCCNC1.Cl. The van der Waals surface area contributed by atoms with Crippen molar-refractivity contribution in [2.45, 2.75) is 39.0 Å². The van der Waals surface area contributed by atoms with Crippen molar-refractivity contribution in [3.05, 3.63) is 23.8 Å². The molecule has 1 aromatic rings. The second-order valence-corrected chi connectivity index (χ2v) is 6.72. The first kappa shape index (κ1) is 23.2. The number of rotatable bonds is 10. The molecule has 1 unspecified atom stereocenters. The first-order valence-corrected chi connectivity index (χ1v) is 9.39. The number of ketones is 1. The average Bonchev–Trinajstić information content (AvgIpc) is 2.66. The van der Waals surface area contributed by atoms with Gasteiger partial charge in [0.1, 0.15) is 0 Å². The molecule has 0 radical (unpaired) electrons. The molecular weight excluding hydrogens is 368 g/mol. The highest BCUT2D eigenvalue weighted by atomic mass is 35.5. The number of hydrogen-bond acceptors (Lipinski definition) is 5. The molecule has 2 N–H and O–H groups in total. The summed E-state index contributed by atoms with van der Waals surface area (Å²) in [5.74, 6) is 1.84. The largest absolute Gasteiger partial charge is 0.493 e. The summed E-state index contributed by atoms with van der Waals surface area (Å²) in [4.78, 5) is 23.3. The number of benzene rings is 1. The van der Waals surface area contributed by atoms with Crippen LogP contribution in [0.1, 0.15) is 49.4 Å². The molecule has 1 saturated heterocycles. The number of piperidine rings is 1. The van der Waals surface area contributed by atoms with E-state index in [2.05, 4.69) is 10.6 Å². The summed E-state index contributed by atoms with van der Waals surface area (Å²) in [5, 5.41) is 6.38. The third-order valence-corrected chi connectivity index (χ3v) is 4.65. The summed E-state index contributed by atoms with van der Waals surface area (Å²) < 4.78 is 11.0. The maximum absolute atomic E-state index is 11.9. The Bertz CT molecular complexity index is 604. The van der Waals surface area contributed by atoms with Crippen LogP contribution >= 0.6 is 12.4 Å². The highest BCUT2D eigenvalue weighted by Crippen LogP contribution is 2.28. The Morgan fingerprint density at radius 1 is 1.30 bits per heavy atom. The predicted octanol–water partition coefficient (Wildman–Crippen LogP) is 2.98. The Morgan fingerprint density at radius 2 is 2.11 bits per heavy atom. The monoisotopic (exact) mass is 398 g/mol. The van der Waals surface area contributed by atoms with Gasteiger partial charge in [-0.3, -0.25) is 9.59 Å². The summed E-state index contributed by atoms with van der Waals surface area (Å²) in [6, 6.07) is 5.12. The highest BCUT2D eigenvalue weighted by Gasteiger charge is 2.13. The summed E-state index contributed by atoms with van der Waals surface area (Å²) in [6.07, 6.45) is 4.59. The van der Waals surface area contributed by atoms with Gasteiger partial charge in [0.15, 0.2) is 17.3 Å². The number of methoxy groups -OCH3 is 1. The number of nitrogens with one attached hydrogen (secondary N) is 2. The van der Waals surface area contributed by atoms with Crippen LogP contribution in [0.4, 0.5) is 0 Å². The van der Waals surface area contributed by atoms with Crippen LogP contribution in [-0.2, 0) is 4.79 Å². The minimum Gasteiger partial charge on any atom is -0.493 e. The van der Waals surface area contributed by atoms with E-state index in [-0.39, 0.29) is 24.1 Å². The Labute approximate surface area is 167 Å². The lowest BCUT2D eigenvalue weighted by molar-refractivity contribution is -0.121. The van der Waals surface area contributed by atoms with E-state index in [1.807, 2.05) is 0 Å². The van der Waals surface area contributed by atoms with Crippen LogP contribution in [0.15, 0.2) is 18.2 Å². The Hall–Kier alpha value is -1.79. The van der Waals surface area contributed by atoms with Crippen molar-refractivity contribution in [2.75, 3.05) is 33.4 Å². The Balaban J connectivity index is 0.00000364. The van der Waals surface area contributed by atoms with Gasteiger partial charge in [-0.2, -0.15) is 0 Å². The number of Topliss-reactive ketones (excluding diaryl/α,β-unsaturated/α-hetero) is 1. The van der Waals surface area contributed by atoms with Gasteiger partial charge in [0, 0.05) is 18.5 Å². The van der Waals surface area contributed by atoms with Crippen molar-refractivity contribution in [3.63, 3.8) is 0 Å². The molecule has 1 aromatic carbocycles. The van der Waals surface area contributed by atoms with Crippen LogP contribution in [0, 0.1) is 5.92 Å². The number of hydrogen-bond donors (Lipinski definition) is 2. The molecule has 1 heterocycles. The molecular formula is C20H31ClN2O4. The van der Waals surface area contributed by atoms with Crippen LogP contribution in [0.3, 0.4) is 0 Å². The van der Waals surface area contributed by atoms with Gasteiger partial charge in [-0.05, 0) is 69.8 Å². The second-order valence-electron chi connectivity index (χ2n) is 6.72. The fourth-order valence-electron chi connectivity index (χ4n) is 3.10. The summed E-state index contributed by atoms with van der Waals surface area (Å²) in [5.41, 5.74) is 0.585. The first-order chi connectivity index (χ1) is 12.6. The van der Waals surface area contributed by atoms with E-state index in [1.54, 1.807) is 25.3 Å². The molecule has 1 aliphatic rings. The minimum absolute atomic E-state index is 0. The van der Waals surface area contributed by atoms with E-state index in [4.69, 9.17) is 9.47 Å². The zero-order chi connectivity index (χ0) is 18.8. The molecule has 27 heavy (non-hydrogen) atoms. The number of carbonyl (C=O) groups excluding carboxylic acids is 2. The van der Waals surface area contributed by atoms with Crippen LogP contribution < -0.4 is 20.1 Å². The van der Waals surface area contributed by atoms with E-state index in [0.717, 1.165) is 26.1 Å². The van der Waals surface area contributed by atoms with Gasteiger partial charge in [0.25, 0.3) is 0 Å². The molecule has 7 heteroatoms. The molecule has 0 saturated carbocycles. The van der Waals surface area contributed by atoms with E-state index >= 15 is 0 Å². The molecule has 1 atom stereocenters. The van der Waals surface area contributed by atoms with Crippen molar-refractivity contribution < 1.29 is 19.1 Å². The summed E-state index contributed by atoms with van der Waals surface area (Å²) in [6.45, 7) is 4.86. The van der Waals surface area contributed by atoms with Crippen molar-refractivity contribution in [1.82, 2.24) is 10.6 Å². The zero-order valence-electron chi connectivity index (χ0n) is 16.2. The molecule has 0 bridgehead atoms. The van der Waals surface area contributed by atoms with Crippen LogP contribution in [0.2, 0.25) is 0 Å². The van der Waals surface area contributed by atoms with E-state index in [1.165, 1.54) is 19.8 Å². The number of ether oxygens (including phenoxy) is 2. The van der Waals surface area contributed by atoms with E-state index < -0.39 is 0 Å². The predicted molar refractivity (Wildman–Crippen MR) is 108 cm³/mol. The lowest BCUT2D eigenvalue weighted by Crippen LogP contribution is -2.33. The molecule has 0 spiro atoms. The van der Waals surface area contributed by atoms with Gasteiger partial charge in [-0.15, -0.1) is 12.4 Å².